The van der Waals surface area contributed by atoms with Crippen LogP contribution in [0, 0.1) is 0 Å². The maximum Gasteiger partial charge on any atom is 0.248 e. The van der Waals surface area contributed by atoms with Crippen LogP contribution in [0.15, 0.2) is 48.5 Å². The Balaban J connectivity index is 0.00000140. The minimum atomic E-state index is -1.10. The number of aryl methyl sites for hydroxylation is 2. The van der Waals surface area contributed by atoms with Gasteiger partial charge in [0.1, 0.15) is 11.4 Å². The number of halogens is 2. The van der Waals surface area contributed by atoms with Crippen LogP contribution in [0.1, 0.15) is 37.6 Å². The Bertz CT molecular complexity index is 954. The highest BCUT2D eigenvalue weighted by atomic mass is 35.5. The first-order valence-corrected chi connectivity index (χ1v) is 9.21. The molecule has 0 spiro atoms. The van der Waals surface area contributed by atoms with Gasteiger partial charge in [-0.1, -0.05) is 36.8 Å². The van der Waals surface area contributed by atoms with E-state index in [1.807, 2.05) is 48.5 Å². The highest BCUT2D eigenvalue weighted by Crippen LogP contribution is 2.26. The summed E-state index contributed by atoms with van der Waals surface area (Å²) in [6, 6.07) is 15.3. The number of hydrogen-bond acceptors (Lipinski definition) is 3. The molecule has 5 nitrogen and oxygen atoms in total. The third kappa shape index (κ3) is 4.17. The zero-order chi connectivity index (χ0) is 18.1. The number of amides is 1. The molecular formula is C21H26Cl2N4O. The van der Waals surface area contributed by atoms with Crippen LogP contribution >= 0.6 is 24.8 Å². The van der Waals surface area contributed by atoms with Crippen LogP contribution in [-0.4, -0.2) is 15.5 Å². The molecule has 3 aromatic rings. The van der Waals surface area contributed by atoms with Crippen molar-refractivity contribution in [3.8, 4) is 0 Å². The van der Waals surface area contributed by atoms with E-state index in [1.54, 1.807) is 6.92 Å². The molecule has 0 aliphatic carbocycles. The third-order valence-corrected chi connectivity index (χ3v) is 5.21. The molecule has 0 saturated heterocycles. The van der Waals surface area contributed by atoms with E-state index in [1.165, 1.54) is 19.3 Å². The van der Waals surface area contributed by atoms with Crippen molar-refractivity contribution in [1.29, 1.82) is 0 Å². The van der Waals surface area contributed by atoms with Crippen LogP contribution in [0.2, 0.25) is 0 Å². The molecular weight excluding hydrogens is 395 g/mol. The summed E-state index contributed by atoms with van der Waals surface area (Å²) in [4.78, 5) is 17.5. The van der Waals surface area contributed by atoms with Crippen LogP contribution in [0.4, 0.5) is 5.69 Å². The lowest BCUT2D eigenvalue weighted by Gasteiger charge is -2.24. The predicted molar refractivity (Wildman–Crippen MR) is 118 cm³/mol. The Morgan fingerprint density at radius 1 is 1.11 bits per heavy atom. The van der Waals surface area contributed by atoms with Gasteiger partial charge in [-0.25, -0.2) is 4.98 Å². The van der Waals surface area contributed by atoms with Crippen molar-refractivity contribution in [2.75, 3.05) is 5.32 Å². The van der Waals surface area contributed by atoms with Crippen LogP contribution in [-0.2, 0) is 23.3 Å². The van der Waals surface area contributed by atoms with E-state index in [2.05, 4.69) is 9.88 Å². The molecule has 0 radical (unpaired) electrons. The van der Waals surface area contributed by atoms with Crippen LogP contribution in [0.25, 0.3) is 11.0 Å². The van der Waals surface area contributed by atoms with Crippen molar-refractivity contribution in [2.45, 2.75) is 44.7 Å². The summed E-state index contributed by atoms with van der Waals surface area (Å²) in [6.07, 6.45) is 4.66. The van der Waals surface area contributed by atoms with Crippen LogP contribution in [0.5, 0.6) is 0 Å². The maximum atomic E-state index is 12.7. The fraction of sp³-hybridized carbons (Fsp3) is 0.333. The number of nitrogens with one attached hydrogen (secondary N) is 1. The second kappa shape index (κ2) is 8.95. The lowest BCUT2D eigenvalue weighted by molar-refractivity contribution is -0.120. The number of aromatic nitrogens is 2. The first-order chi connectivity index (χ1) is 12.6. The van der Waals surface area contributed by atoms with Crippen molar-refractivity contribution >= 4 is 47.4 Å². The van der Waals surface area contributed by atoms with E-state index in [9.17, 15) is 4.79 Å². The first kappa shape index (κ1) is 22.2. The number of imidazole rings is 1. The highest BCUT2D eigenvalue weighted by molar-refractivity contribution is 5.99. The first-order valence-electron chi connectivity index (χ1n) is 9.21. The van der Waals surface area contributed by atoms with Gasteiger partial charge in [0.05, 0.1) is 11.0 Å². The fourth-order valence-electron chi connectivity index (χ4n) is 3.60. The van der Waals surface area contributed by atoms with E-state index in [-0.39, 0.29) is 30.7 Å². The fourth-order valence-corrected chi connectivity index (χ4v) is 3.60. The molecule has 4 rings (SSSR count). The molecule has 0 fully saturated rings. The van der Waals surface area contributed by atoms with Gasteiger partial charge < -0.3 is 15.6 Å². The molecule has 1 amide bonds. The van der Waals surface area contributed by atoms with Gasteiger partial charge in [0.25, 0.3) is 0 Å². The van der Waals surface area contributed by atoms with Gasteiger partial charge >= 0.3 is 0 Å². The Kier molecular flexibility index (Phi) is 7.10. The molecule has 0 saturated carbocycles. The summed E-state index contributed by atoms with van der Waals surface area (Å²) in [5.41, 5.74) is 8.79. The average molecular weight is 421 g/mol. The second-order valence-corrected chi connectivity index (χ2v) is 7.22. The molecule has 7 heteroatoms. The van der Waals surface area contributed by atoms with E-state index >= 15 is 0 Å². The molecule has 1 aromatic heterocycles. The third-order valence-electron chi connectivity index (χ3n) is 5.21. The average Bonchev–Trinajstić information content (AvgIpc) is 2.82. The number of rotatable bonds is 3. The van der Waals surface area contributed by atoms with Crippen molar-refractivity contribution < 1.29 is 4.79 Å². The minimum absolute atomic E-state index is 0. The smallest absolute Gasteiger partial charge is 0.248 e. The van der Waals surface area contributed by atoms with Crippen molar-refractivity contribution in [3.05, 3.63) is 59.9 Å². The van der Waals surface area contributed by atoms with E-state index < -0.39 is 5.54 Å². The summed E-state index contributed by atoms with van der Waals surface area (Å²) in [5.74, 6) is 0.915. The van der Waals surface area contributed by atoms with Gasteiger partial charge in [0, 0.05) is 18.7 Å². The predicted octanol–water partition coefficient (Wildman–Crippen LogP) is 4.42. The van der Waals surface area contributed by atoms with Crippen molar-refractivity contribution in [3.63, 3.8) is 0 Å². The number of benzene rings is 2. The molecule has 0 bridgehead atoms. The lowest BCUT2D eigenvalue weighted by atomic mass is 9.92. The molecule has 2 heterocycles. The summed E-state index contributed by atoms with van der Waals surface area (Å²) < 4.78 is 2.31. The second-order valence-electron chi connectivity index (χ2n) is 7.22. The maximum absolute atomic E-state index is 12.7. The van der Waals surface area contributed by atoms with Crippen molar-refractivity contribution in [2.24, 2.45) is 5.73 Å². The standard InChI is InChI=1S/C21H24N4O.2ClH/c1-21(22,15-8-4-2-5-9-15)20(26)23-16-11-12-18-17(14-16)24-19-10-6-3-7-13-25(18)19;;/h2,4-5,8-9,11-12,14H,3,6-7,10,13,22H2,1H3,(H,23,26);2*1H. The summed E-state index contributed by atoms with van der Waals surface area (Å²) >= 11 is 0. The minimum Gasteiger partial charge on any atom is -0.328 e. The zero-order valence-electron chi connectivity index (χ0n) is 15.9. The normalized spacial score (nSPS) is 15.4. The summed E-state index contributed by atoms with van der Waals surface area (Å²) in [7, 11) is 0. The van der Waals surface area contributed by atoms with Crippen LogP contribution in [0.3, 0.4) is 0 Å². The number of nitrogens with zero attached hydrogens (tertiary/aromatic N) is 2. The van der Waals surface area contributed by atoms with E-state index in [0.717, 1.165) is 41.1 Å². The Morgan fingerprint density at radius 2 is 1.86 bits per heavy atom. The topological polar surface area (TPSA) is 72.9 Å². The quantitative estimate of drug-likeness (QED) is 0.658. The monoisotopic (exact) mass is 420 g/mol. The molecule has 150 valence electrons. The highest BCUT2D eigenvalue weighted by Gasteiger charge is 2.30. The molecule has 2 aromatic carbocycles. The van der Waals surface area contributed by atoms with Gasteiger partial charge in [0.2, 0.25) is 5.91 Å². The van der Waals surface area contributed by atoms with E-state index in [0.29, 0.717) is 0 Å². The summed E-state index contributed by atoms with van der Waals surface area (Å²) in [6.45, 7) is 2.75. The zero-order valence-corrected chi connectivity index (χ0v) is 17.5. The molecule has 1 aliphatic rings. The Morgan fingerprint density at radius 3 is 2.61 bits per heavy atom. The lowest BCUT2D eigenvalue weighted by Crippen LogP contribution is -2.45. The van der Waals surface area contributed by atoms with Gasteiger partial charge in [-0.2, -0.15) is 0 Å². The molecule has 1 unspecified atom stereocenters. The Labute approximate surface area is 177 Å². The van der Waals surface area contributed by atoms with Crippen molar-refractivity contribution in [1.82, 2.24) is 9.55 Å². The molecule has 3 N–H and O–H groups in total. The number of nitrogens with two attached hydrogens (primary N) is 1. The molecule has 28 heavy (non-hydrogen) atoms. The number of carbonyl (C=O) groups excluding carboxylic acids is 1. The number of hydrogen-bond donors (Lipinski definition) is 2. The SMILES string of the molecule is CC(N)(C(=O)Nc1ccc2c(c1)nc1n2CCCCC1)c1ccccc1.Cl.Cl. The van der Waals surface area contributed by atoms with Crippen LogP contribution < -0.4 is 11.1 Å². The summed E-state index contributed by atoms with van der Waals surface area (Å²) in [5, 5.41) is 2.95. The number of anilines is 1. The largest absolute Gasteiger partial charge is 0.328 e. The van der Waals surface area contributed by atoms with Gasteiger partial charge in [-0.15, -0.1) is 24.8 Å². The van der Waals surface area contributed by atoms with Gasteiger partial charge in [-0.3, -0.25) is 4.79 Å². The molecule has 1 atom stereocenters. The Hall–Kier alpha value is -2.08. The number of carbonyl (C=O) groups is 1. The van der Waals surface area contributed by atoms with Gasteiger partial charge in [-0.05, 0) is 43.5 Å². The molecule has 1 aliphatic heterocycles. The number of fused-ring (bicyclic) bond motifs is 3. The van der Waals surface area contributed by atoms with E-state index in [4.69, 9.17) is 10.7 Å². The van der Waals surface area contributed by atoms with Gasteiger partial charge in [0.15, 0.2) is 0 Å².